The number of carbonyl (C=O) groups is 2. The third-order valence-electron chi connectivity index (χ3n) is 7.56. The Labute approximate surface area is 203 Å². The molecule has 35 heavy (non-hydrogen) atoms. The summed E-state index contributed by atoms with van der Waals surface area (Å²) in [7, 11) is 0. The number of nitriles is 1. The first-order valence-corrected chi connectivity index (χ1v) is 12.2. The maximum absolute atomic E-state index is 13.6. The van der Waals surface area contributed by atoms with Gasteiger partial charge >= 0.3 is 6.18 Å². The molecule has 1 saturated carbocycles. The van der Waals surface area contributed by atoms with Crippen LogP contribution >= 0.6 is 0 Å². The molecule has 4 rings (SSSR count). The molecule has 2 amide bonds. The number of hydrogen-bond donors (Lipinski definition) is 1. The molecular weight excluding hydrogens is 461 g/mol. The van der Waals surface area contributed by atoms with Crippen molar-refractivity contribution in [3.63, 3.8) is 0 Å². The summed E-state index contributed by atoms with van der Waals surface area (Å²) in [5.41, 5.74) is -1.48. The number of rotatable bonds is 7. The number of benzene rings is 1. The van der Waals surface area contributed by atoms with E-state index >= 15 is 0 Å². The predicted molar refractivity (Wildman–Crippen MR) is 122 cm³/mol. The van der Waals surface area contributed by atoms with Crippen molar-refractivity contribution in [1.29, 1.82) is 5.26 Å². The fourth-order valence-electron chi connectivity index (χ4n) is 5.27. The van der Waals surface area contributed by atoms with Gasteiger partial charge in [0.1, 0.15) is 6.61 Å². The summed E-state index contributed by atoms with van der Waals surface area (Å²) in [5, 5.41) is 12.2. The average Bonchev–Trinajstić information content (AvgIpc) is 3.61. The van der Waals surface area contributed by atoms with E-state index in [2.05, 4.69) is 5.32 Å². The SMILES string of the molecule is CCOCC(=O)N1CCC2(CC1)CN(c1ccc(C#N)c(C(F)(F)F)c1)CC2C(=O)NCC1CC1. The number of ether oxygens (including phenoxy) is 1. The Morgan fingerprint density at radius 1 is 1.26 bits per heavy atom. The molecule has 1 aromatic rings. The lowest BCUT2D eigenvalue weighted by molar-refractivity contribution is -0.139. The van der Waals surface area contributed by atoms with E-state index in [1.54, 1.807) is 11.0 Å². The average molecular weight is 493 g/mol. The zero-order valence-electron chi connectivity index (χ0n) is 19.9. The summed E-state index contributed by atoms with van der Waals surface area (Å²) < 4.78 is 45.9. The fourth-order valence-corrected chi connectivity index (χ4v) is 5.27. The van der Waals surface area contributed by atoms with Crippen LogP contribution in [0.4, 0.5) is 18.9 Å². The second-order valence-electron chi connectivity index (χ2n) is 9.84. The lowest BCUT2D eigenvalue weighted by Crippen LogP contribution is -2.50. The molecule has 2 saturated heterocycles. The highest BCUT2D eigenvalue weighted by molar-refractivity contribution is 5.82. The predicted octanol–water partition coefficient (Wildman–Crippen LogP) is 3.18. The highest BCUT2D eigenvalue weighted by atomic mass is 19.4. The second kappa shape index (κ2) is 10.1. The molecule has 2 heterocycles. The Morgan fingerprint density at radius 2 is 1.97 bits per heavy atom. The highest BCUT2D eigenvalue weighted by Gasteiger charge is 2.52. The Bertz CT molecular complexity index is 995. The minimum Gasteiger partial charge on any atom is -0.372 e. The van der Waals surface area contributed by atoms with Gasteiger partial charge in [-0.15, -0.1) is 0 Å². The van der Waals surface area contributed by atoms with Crippen molar-refractivity contribution in [2.75, 3.05) is 50.8 Å². The summed E-state index contributed by atoms with van der Waals surface area (Å²) in [5.74, 6) is -0.0416. The molecule has 10 heteroatoms. The molecule has 3 aliphatic rings. The maximum Gasteiger partial charge on any atom is 0.417 e. The van der Waals surface area contributed by atoms with Crippen molar-refractivity contribution in [1.82, 2.24) is 10.2 Å². The zero-order chi connectivity index (χ0) is 25.2. The van der Waals surface area contributed by atoms with Crippen LogP contribution in [0.5, 0.6) is 0 Å². The number of anilines is 1. The second-order valence-corrected chi connectivity index (χ2v) is 9.84. The largest absolute Gasteiger partial charge is 0.417 e. The molecule has 1 aliphatic carbocycles. The van der Waals surface area contributed by atoms with Crippen molar-refractivity contribution < 1.29 is 27.5 Å². The van der Waals surface area contributed by atoms with Crippen molar-refractivity contribution in [2.24, 2.45) is 17.3 Å². The van der Waals surface area contributed by atoms with Crippen LogP contribution < -0.4 is 10.2 Å². The molecule has 1 N–H and O–H groups in total. The third-order valence-corrected chi connectivity index (χ3v) is 7.56. The van der Waals surface area contributed by atoms with Gasteiger partial charge in [-0.2, -0.15) is 18.4 Å². The third kappa shape index (κ3) is 5.56. The van der Waals surface area contributed by atoms with Crippen molar-refractivity contribution in [3.8, 4) is 6.07 Å². The number of halogens is 3. The van der Waals surface area contributed by atoms with Gasteiger partial charge in [0, 0.05) is 50.4 Å². The fraction of sp³-hybridized carbons (Fsp3) is 0.640. The first-order valence-electron chi connectivity index (χ1n) is 12.2. The molecule has 1 atom stereocenters. The van der Waals surface area contributed by atoms with E-state index < -0.39 is 28.6 Å². The van der Waals surface area contributed by atoms with E-state index in [4.69, 9.17) is 10.00 Å². The smallest absolute Gasteiger partial charge is 0.372 e. The molecule has 7 nitrogen and oxygen atoms in total. The minimum atomic E-state index is -4.65. The maximum atomic E-state index is 13.6. The molecule has 1 unspecified atom stereocenters. The molecule has 3 fully saturated rings. The van der Waals surface area contributed by atoms with Crippen molar-refractivity contribution in [3.05, 3.63) is 29.3 Å². The summed E-state index contributed by atoms with van der Waals surface area (Å²) in [6, 6.07) is 5.34. The van der Waals surface area contributed by atoms with Gasteiger partial charge in [0.05, 0.1) is 23.1 Å². The number of alkyl halides is 3. The van der Waals surface area contributed by atoms with Gasteiger partial charge in [-0.05, 0) is 56.7 Å². The monoisotopic (exact) mass is 492 g/mol. The number of piperidine rings is 1. The first-order chi connectivity index (χ1) is 16.7. The van der Waals surface area contributed by atoms with Gasteiger partial charge in [0.15, 0.2) is 0 Å². The van der Waals surface area contributed by atoms with Crippen LogP contribution in [0.1, 0.15) is 43.7 Å². The van der Waals surface area contributed by atoms with Crippen LogP contribution in [0.2, 0.25) is 0 Å². The number of nitrogens with zero attached hydrogens (tertiary/aromatic N) is 3. The zero-order valence-corrected chi connectivity index (χ0v) is 19.9. The number of nitrogens with one attached hydrogen (secondary N) is 1. The van der Waals surface area contributed by atoms with Crippen LogP contribution in [0.3, 0.4) is 0 Å². The van der Waals surface area contributed by atoms with Crippen LogP contribution in [0.15, 0.2) is 18.2 Å². The Balaban J connectivity index is 1.55. The molecule has 0 radical (unpaired) electrons. The Morgan fingerprint density at radius 3 is 2.57 bits per heavy atom. The summed E-state index contributed by atoms with van der Waals surface area (Å²) >= 11 is 0. The van der Waals surface area contributed by atoms with Crippen LogP contribution in [0.25, 0.3) is 0 Å². The van der Waals surface area contributed by atoms with E-state index in [0.29, 0.717) is 63.8 Å². The first kappa shape index (κ1) is 25.3. The van der Waals surface area contributed by atoms with Crippen LogP contribution in [-0.2, 0) is 20.5 Å². The topological polar surface area (TPSA) is 85.7 Å². The van der Waals surface area contributed by atoms with Gasteiger partial charge in [0.2, 0.25) is 11.8 Å². The molecule has 0 aromatic heterocycles. The Hall–Kier alpha value is -2.80. The molecule has 2 aliphatic heterocycles. The Kier molecular flexibility index (Phi) is 7.27. The lowest BCUT2D eigenvalue weighted by atomic mass is 9.70. The molecule has 190 valence electrons. The highest BCUT2D eigenvalue weighted by Crippen LogP contribution is 2.47. The molecule has 1 spiro atoms. The summed E-state index contributed by atoms with van der Waals surface area (Å²) in [4.78, 5) is 29.2. The van der Waals surface area contributed by atoms with Crippen LogP contribution in [-0.4, -0.2) is 62.7 Å². The molecule has 1 aromatic carbocycles. The number of amides is 2. The quantitative estimate of drug-likeness (QED) is 0.632. The summed E-state index contributed by atoms with van der Waals surface area (Å²) in [6.07, 6.45) is -1.27. The van der Waals surface area contributed by atoms with Gasteiger partial charge in [-0.25, -0.2) is 0 Å². The lowest BCUT2D eigenvalue weighted by Gasteiger charge is -2.42. The van der Waals surface area contributed by atoms with Gasteiger partial charge in [0.25, 0.3) is 0 Å². The van der Waals surface area contributed by atoms with E-state index in [0.717, 1.165) is 18.9 Å². The van der Waals surface area contributed by atoms with E-state index in [1.165, 1.54) is 12.1 Å². The molecule has 0 bridgehead atoms. The number of likely N-dealkylation sites (tertiary alicyclic amines) is 1. The molecular formula is C25H31F3N4O3. The van der Waals surface area contributed by atoms with Crippen molar-refractivity contribution >= 4 is 17.5 Å². The van der Waals surface area contributed by atoms with E-state index in [-0.39, 0.29) is 18.4 Å². The normalized spacial score (nSPS) is 21.7. The van der Waals surface area contributed by atoms with E-state index in [9.17, 15) is 22.8 Å². The summed E-state index contributed by atoms with van der Waals surface area (Å²) in [6.45, 7) is 4.60. The van der Waals surface area contributed by atoms with Crippen molar-refractivity contribution in [2.45, 2.75) is 38.8 Å². The number of hydrogen-bond acceptors (Lipinski definition) is 5. The van der Waals surface area contributed by atoms with Gasteiger partial charge < -0.3 is 19.9 Å². The van der Waals surface area contributed by atoms with E-state index in [1.807, 2.05) is 11.8 Å². The standard InChI is InChI=1S/C25H31F3N4O3/c1-2-35-15-22(33)31-9-7-24(8-10-31)16-32(14-21(24)23(34)30-13-17-3-4-17)19-6-5-18(12-29)20(11-19)25(26,27)28/h5-6,11,17,21H,2-4,7-10,13-16H2,1H3,(H,30,34). The number of carbonyl (C=O) groups excluding carboxylic acids is 2. The minimum absolute atomic E-state index is 0.0202. The van der Waals surface area contributed by atoms with Gasteiger partial charge in [-0.3, -0.25) is 9.59 Å². The van der Waals surface area contributed by atoms with Gasteiger partial charge in [-0.1, -0.05) is 0 Å². The van der Waals surface area contributed by atoms with Crippen LogP contribution in [0, 0.1) is 28.6 Å².